The number of hydrogen-bond donors (Lipinski definition) is 1. The van der Waals surface area contributed by atoms with Crippen molar-refractivity contribution in [1.82, 2.24) is 10.2 Å². The molecule has 1 aliphatic rings. The molecule has 0 atom stereocenters. The van der Waals surface area contributed by atoms with E-state index in [-0.39, 0.29) is 5.82 Å². The average Bonchev–Trinajstić information content (AvgIpc) is 2.55. The van der Waals surface area contributed by atoms with Gasteiger partial charge in [0.05, 0.1) is 12.6 Å². The molecule has 1 heterocycles. The molecule has 23 heavy (non-hydrogen) atoms. The van der Waals surface area contributed by atoms with Crippen molar-refractivity contribution in [3.63, 3.8) is 0 Å². The lowest BCUT2D eigenvalue weighted by atomic mass is 10.1. The Morgan fingerprint density at radius 3 is 2.78 bits per heavy atom. The summed E-state index contributed by atoms with van der Waals surface area (Å²) >= 11 is 3.45. The number of benzene rings is 1. The highest BCUT2D eigenvalue weighted by Gasteiger charge is 2.21. The molecule has 0 spiro atoms. The second kappa shape index (κ2) is 9.23. The van der Waals surface area contributed by atoms with E-state index in [9.17, 15) is 4.39 Å². The van der Waals surface area contributed by atoms with Gasteiger partial charge in [-0.05, 0) is 50.5 Å². The monoisotopic (exact) mass is 385 g/mol. The van der Waals surface area contributed by atoms with Crippen molar-refractivity contribution in [2.24, 2.45) is 4.99 Å². The summed E-state index contributed by atoms with van der Waals surface area (Å²) in [5.41, 5.74) is 0.851. The van der Waals surface area contributed by atoms with E-state index in [0.29, 0.717) is 12.6 Å². The molecule has 6 heteroatoms. The first-order valence-electron chi connectivity index (χ1n) is 8.22. The molecule has 0 saturated carbocycles. The predicted molar refractivity (Wildman–Crippen MR) is 95.1 cm³/mol. The van der Waals surface area contributed by atoms with Crippen molar-refractivity contribution < 1.29 is 9.13 Å². The van der Waals surface area contributed by atoms with Gasteiger partial charge >= 0.3 is 0 Å². The van der Waals surface area contributed by atoms with Gasteiger partial charge in [-0.3, -0.25) is 0 Å². The average molecular weight is 386 g/mol. The zero-order chi connectivity index (χ0) is 16.7. The zero-order valence-electron chi connectivity index (χ0n) is 13.8. The fraction of sp³-hybridized carbons (Fsp3) is 0.588. The Bertz CT molecular complexity index is 531. The molecule has 2 rings (SSSR count). The van der Waals surface area contributed by atoms with E-state index in [0.717, 1.165) is 55.1 Å². The van der Waals surface area contributed by atoms with E-state index >= 15 is 0 Å². The van der Waals surface area contributed by atoms with E-state index in [1.807, 2.05) is 6.92 Å². The van der Waals surface area contributed by atoms with Gasteiger partial charge in [-0.2, -0.15) is 0 Å². The number of ether oxygens (including phenoxy) is 1. The molecule has 1 aliphatic heterocycles. The largest absolute Gasteiger partial charge is 0.378 e. The molecule has 0 aliphatic carbocycles. The lowest BCUT2D eigenvalue weighted by Crippen LogP contribution is -2.47. The number of guanidine groups is 1. The zero-order valence-corrected chi connectivity index (χ0v) is 15.4. The van der Waals surface area contributed by atoms with Gasteiger partial charge in [0.25, 0.3) is 0 Å². The van der Waals surface area contributed by atoms with Crippen LogP contribution in [0.4, 0.5) is 4.39 Å². The minimum atomic E-state index is -0.235. The molecular weight excluding hydrogens is 361 g/mol. The number of hydrogen-bond acceptors (Lipinski definition) is 2. The number of likely N-dealkylation sites (tertiary alicyclic amines) is 1. The maximum atomic E-state index is 13.4. The Labute approximate surface area is 146 Å². The standard InChI is InChI=1S/C17H25BrFN3O/c1-3-20-17(22-9-7-15(8-10-22)23-4-2)21-12-13-11-14(19)5-6-16(13)18/h5-6,11,15H,3-4,7-10,12H2,1-2H3,(H,20,21). The summed E-state index contributed by atoms with van der Waals surface area (Å²) in [6.07, 6.45) is 2.39. The molecule has 1 aromatic carbocycles. The normalized spacial score (nSPS) is 16.7. The van der Waals surface area contributed by atoms with E-state index in [1.54, 1.807) is 6.07 Å². The van der Waals surface area contributed by atoms with Crippen LogP contribution in [0.5, 0.6) is 0 Å². The maximum absolute atomic E-state index is 13.4. The van der Waals surface area contributed by atoms with Crippen molar-refractivity contribution >= 4 is 21.9 Å². The van der Waals surface area contributed by atoms with Gasteiger partial charge in [-0.25, -0.2) is 9.38 Å². The third kappa shape index (κ3) is 5.46. The number of nitrogens with one attached hydrogen (secondary N) is 1. The Kier molecular flexibility index (Phi) is 7.30. The van der Waals surface area contributed by atoms with Crippen LogP contribution in [0.25, 0.3) is 0 Å². The molecule has 128 valence electrons. The Balaban J connectivity index is 2.01. The first kappa shape index (κ1) is 18.2. The molecule has 0 unspecified atom stereocenters. The van der Waals surface area contributed by atoms with Gasteiger partial charge in [0.15, 0.2) is 5.96 Å². The van der Waals surface area contributed by atoms with Crippen LogP contribution in [0.1, 0.15) is 32.3 Å². The first-order valence-corrected chi connectivity index (χ1v) is 9.02. The predicted octanol–water partition coefficient (Wildman–Crippen LogP) is 3.55. The number of nitrogens with zero attached hydrogens (tertiary/aromatic N) is 2. The number of aliphatic imine (C=N–C) groups is 1. The van der Waals surface area contributed by atoms with Crippen molar-refractivity contribution in [2.45, 2.75) is 39.3 Å². The number of halogens is 2. The molecule has 1 saturated heterocycles. The minimum absolute atomic E-state index is 0.235. The van der Waals surface area contributed by atoms with E-state index in [2.05, 4.69) is 38.1 Å². The van der Waals surface area contributed by atoms with Crippen molar-refractivity contribution in [2.75, 3.05) is 26.2 Å². The van der Waals surface area contributed by atoms with Crippen LogP contribution in [0.15, 0.2) is 27.7 Å². The molecule has 1 fully saturated rings. The number of rotatable bonds is 5. The van der Waals surface area contributed by atoms with Crippen LogP contribution in [0, 0.1) is 5.82 Å². The van der Waals surface area contributed by atoms with Gasteiger partial charge in [0, 0.05) is 30.7 Å². The quantitative estimate of drug-likeness (QED) is 0.621. The van der Waals surface area contributed by atoms with Crippen molar-refractivity contribution in [1.29, 1.82) is 0 Å². The number of piperidine rings is 1. The summed E-state index contributed by atoms with van der Waals surface area (Å²) in [4.78, 5) is 6.93. The lowest BCUT2D eigenvalue weighted by molar-refractivity contribution is 0.0263. The summed E-state index contributed by atoms with van der Waals surface area (Å²) in [5.74, 6) is 0.652. The van der Waals surface area contributed by atoms with Gasteiger partial charge in [-0.15, -0.1) is 0 Å². The van der Waals surface area contributed by atoms with Crippen LogP contribution >= 0.6 is 15.9 Å². The lowest BCUT2D eigenvalue weighted by Gasteiger charge is -2.34. The van der Waals surface area contributed by atoms with E-state index in [4.69, 9.17) is 4.74 Å². The Morgan fingerprint density at radius 2 is 2.13 bits per heavy atom. The topological polar surface area (TPSA) is 36.9 Å². The van der Waals surface area contributed by atoms with Crippen LogP contribution in [0.3, 0.4) is 0 Å². The fourth-order valence-electron chi connectivity index (χ4n) is 2.72. The molecule has 4 nitrogen and oxygen atoms in total. The summed E-state index contributed by atoms with van der Waals surface area (Å²) < 4.78 is 20.0. The third-order valence-corrected chi connectivity index (χ3v) is 4.66. The summed E-state index contributed by atoms with van der Waals surface area (Å²) in [7, 11) is 0. The summed E-state index contributed by atoms with van der Waals surface area (Å²) in [5, 5.41) is 3.33. The summed E-state index contributed by atoms with van der Waals surface area (Å²) in [6.45, 7) is 7.99. The molecule has 0 amide bonds. The highest BCUT2D eigenvalue weighted by atomic mass is 79.9. The fourth-order valence-corrected chi connectivity index (χ4v) is 3.09. The van der Waals surface area contributed by atoms with Crippen molar-refractivity contribution in [3.05, 3.63) is 34.1 Å². The van der Waals surface area contributed by atoms with E-state index in [1.165, 1.54) is 12.1 Å². The molecule has 1 aromatic rings. The minimum Gasteiger partial charge on any atom is -0.378 e. The van der Waals surface area contributed by atoms with Crippen LogP contribution in [-0.4, -0.2) is 43.2 Å². The SMILES string of the molecule is CCNC(=NCc1cc(F)ccc1Br)N1CCC(OCC)CC1. The molecule has 1 N–H and O–H groups in total. The van der Waals surface area contributed by atoms with Crippen LogP contribution in [0.2, 0.25) is 0 Å². The van der Waals surface area contributed by atoms with Crippen molar-refractivity contribution in [3.8, 4) is 0 Å². The second-order valence-electron chi connectivity index (χ2n) is 5.55. The van der Waals surface area contributed by atoms with Crippen LogP contribution < -0.4 is 5.32 Å². The second-order valence-corrected chi connectivity index (χ2v) is 6.40. The Morgan fingerprint density at radius 1 is 1.39 bits per heavy atom. The molecule has 0 bridgehead atoms. The van der Waals surface area contributed by atoms with Gasteiger partial charge in [0.1, 0.15) is 5.82 Å². The van der Waals surface area contributed by atoms with Gasteiger partial charge in [-0.1, -0.05) is 15.9 Å². The van der Waals surface area contributed by atoms with Crippen LogP contribution in [-0.2, 0) is 11.3 Å². The molecular formula is C17H25BrFN3O. The van der Waals surface area contributed by atoms with E-state index < -0.39 is 0 Å². The summed E-state index contributed by atoms with van der Waals surface area (Å²) in [6, 6.07) is 4.69. The van der Waals surface area contributed by atoms with Gasteiger partial charge < -0.3 is 15.0 Å². The highest BCUT2D eigenvalue weighted by Crippen LogP contribution is 2.19. The third-order valence-electron chi connectivity index (χ3n) is 3.89. The van der Waals surface area contributed by atoms with Gasteiger partial charge in [0.2, 0.25) is 0 Å². The smallest absolute Gasteiger partial charge is 0.194 e. The molecule has 0 aromatic heterocycles. The molecule has 0 radical (unpaired) electrons. The highest BCUT2D eigenvalue weighted by molar-refractivity contribution is 9.10. The Hall–Kier alpha value is -1.14. The first-order chi connectivity index (χ1) is 11.1. The maximum Gasteiger partial charge on any atom is 0.194 e.